The Balaban J connectivity index is 1.95. The van der Waals surface area contributed by atoms with Gasteiger partial charge in [0.15, 0.2) is 0 Å². The summed E-state index contributed by atoms with van der Waals surface area (Å²) in [4.78, 5) is 17.6. The molecule has 1 amide bonds. The van der Waals surface area contributed by atoms with Crippen LogP contribution in [0.3, 0.4) is 0 Å². The average Bonchev–Trinajstić information content (AvgIpc) is 2.39. The van der Waals surface area contributed by atoms with Gasteiger partial charge in [0.05, 0.1) is 11.8 Å². The minimum Gasteiger partial charge on any atom is -0.506 e. The molecular formula is C13H19N3O2. The van der Waals surface area contributed by atoms with Crippen LogP contribution < -0.4 is 5.32 Å². The van der Waals surface area contributed by atoms with Crippen molar-refractivity contribution in [2.75, 3.05) is 20.1 Å². The van der Waals surface area contributed by atoms with E-state index in [0.29, 0.717) is 18.2 Å². The topological polar surface area (TPSA) is 65.5 Å². The van der Waals surface area contributed by atoms with Crippen LogP contribution in [0.2, 0.25) is 0 Å². The molecule has 5 heteroatoms. The van der Waals surface area contributed by atoms with Gasteiger partial charge in [0, 0.05) is 25.8 Å². The lowest BCUT2D eigenvalue weighted by Gasteiger charge is -2.28. The van der Waals surface area contributed by atoms with E-state index in [-0.39, 0.29) is 11.7 Å². The molecule has 1 atom stereocenters. The highest BCUT2D eigenvalue weighted by molar-refractivity contribution is 5.94. The van der Waals surface area contributed by atoms with E-state index >= 15 is 0 Å². The summed E-state index contributed by atoms with van der Waals surface area (Å²) >= 11 is 0. The van der Waals surface area contributed by atoms with Crippen LogP contribution in [0.5, 0.6) is 5.75 Å². The van der Waals surface area contributed by atoms with Crippen LogP contribution in [0, 0.1) is 0 Å². The van der Waals surface area contributed by atoms with Gasteiger partial charge in [-0.3, -0.25) is 9.78 Å². The molecule has 1 fully saturated rings. The fourth-order valence-corrected chi connectivity index (χ4v) is 2.26. The normalized spacial score (nSPS) is 19.5. The minimum absolute atomic E-state index is 0.0186. The van der Waals surface area contributed by atoms with Crippen molar-refractivity contribution in [1.29, 1.82) is 0 Å². The van der Waals surface area contributed by atoms with Crippen molar-refractivity contribution in [3.8, 4) is 5.75 Å². The largest absolute Gasteiger partial charge is 0.506 e. The van der Waals surface area contributed by atoms with Gasteiger partial charge in [0.25, 0.3) is 5.91 Å². The number of likely N-dealkylation sites (N-methyl/N-ethyl adjacent to an activating group) is 1. The van der Waals surface area contributed by atoms with Gasteiger partial charge in [-0.15, -0.1) is 0 Å². The lowest BCUT2D eigenvalue weighted by molar-refractivity contribution is 0.0774. The molecule has 1 aromatic heterocycles. The predicted octanol–water partition coefficient (Wildman–Crippen LogP) is 1.00. The maximum Gasteiger partial charge on any atom is 0.255 e. The number of hydrogen-bond acceptors (Lipinski definition) is 4. The second-order valence-electron chi connectivity index (χ2n) is 4.76. The highest BCUT2D eigenvalue weighted by Gasteiger charge is 2.19. The first-order chi connectivity index (χ1) is 8.66. The Bertz CT molecular complexity index is 416. The lowest BCUT2D eigenvalue weighted by Crippen LogP contribution is -2.44. The number of rotatable bonds is 3. The number of nitrogens with zero attached hydrogens (tertiary/aromatic N) is 2. The van der Waals surface area contributed by atoms with Crippen molar-refractivity contribution in [2.45, 2.75) is 25.3 Å². The molecule has 2 heterocycles. The van der Waals surface area contributed by atoms with Crippen molar-refractivity contribution in [3.05, 3.63) is 24.0 Å². The van der Waals surface area contributed by atoms with Gasteiger partial charge in [-0.2, -0.15) is 0 Å². The van der Waals surface area contributed by atoms with Gasteiger partial charge in [-0.1, -0.05) is 6.42 Å². The summed E-state index contributed by atoms with van der Waals surface area (Å²) in [7, 11) is 1.78. The first-order valence-electron chi connectivity index (χ1n) is 6.29. The molecule has 18 heavy (non-hydrogen) atoms. The molecule has 1 aliphatic heterocycles. The summed E-state index contributed by atoms with van der Waals surface area (Å²) in [5, 5.41) is 12.7. The Morgan fingerprint density at radius 1 is 1.56 bits per heavy atom. The number of carbonyl (C=O) groups excluding carboxylic acids is 1. The molecule has 0 radical (unpaired) electrons. The van der Waals surface area contributed by atoms with E-state index in [9.17, 15) is 9.90 Å². The number of aromatic nitrogens is 1. The molecule has 2 rings (SSSR count). The van der Waals surface area contributed by atoms with E-state index in [0.717, 1.165) is 13.0 Å². The zero-order valence-electron chi connectivity index (χ0n) is 10.6. The van der Waals surface area contributed by atoms with Crippen LogP contribution in [-0.2, 0) is 0 Å². The Morgan fingerprint density at radius 2 is 2.39 bits per heavy atom. The zero-order chi connectivity index (χ0) is 13.0. The summed E-state index contributed by atoms with van der Waals surface area (Å²) < 4.78 is 0. The maximum absolute atomic E-state index is 12.1. The van der Waals surface area contributed by atoms with Crippen molar-refractivity contribution in [1.82, 2.24) is 15.2 Å². The van der Waals surface area contributed by atoms with Gasteiger partial charge < -0.3 is 15.3 Å². The lowest BCUT2D eigenvalue weighted by atomic mass is 10.0. The molecule has 0 spiro atoms. The summed E-state index contributed by atoms with van der Waals surface area (Å²) in [5.74, 6) is -0.0872. The van der Waals surface area contributed by atoms with Crippen LogP contribution >= 0.6 is 0 Å². The molecule has 98 valence electrons. The van der Waals surface area contributed by atoms with E-state index in [2.05, 4.69) is 10.3 Å². The number of pyridine rings is 1. The molecular weight excluding hydrogens is 230 g/mol. The summed E-state index contributed by atoms with van der Waals surface area (Å²) in [6, 6.07) is 1.82. The van der Waals surface area contributed by atoms with Gasteiger partial charge in [0.1, 0.15) is 5.75 Å². The Kier molecular flexibility index (Phi) is 4.15. The first kappa shape index (κ1) is 12.8. The average molecular weight is 249 g/mol. The molecule has 1 saturated heterocycles. The predicted molar refractivity (Wildman–Crippen MR) is 68.5 cm³/mol. The molecule has 0 saturated carbocycles. The quantitative estimate of drug-likeness (QED) is 0.839. The van der Waals surface area contributed by atoms with Crippen LogP contribution in [0.25, 0.3) is 0 Å². The van der Waals surface area contributed by atoms with E-state index in [1.165, 1.54) is 31.3 Å². The summed E-state index contributed by atoms with van der Waals surface area (Å²) in [6.07, 6.45) is 6.33. The van der Waals surface area contributed by atoms with Gasteiger partial charge in [-0.25, -0.2) is 0 Å². The molecule has 0 aliphatic carbocycles. The van der Waals surface area contributed by atoms with E-state index in [1.54, 1.807) is 11.9 Å². The minimum atomic E-state index is -0.106. The number of aromatic hydroxyl groups is 1. The van der Waals surface area contributed by atoms with Crippen LogP contribution in [0.4, 0.5) is 0 Å². The van der Waals surface area contributed by atoms with Gasteiger partial charge >= 0.3 is 0 Å². The second-order valence-corrected chi connectivity index (χ2v) is 4.76. The highest BCUT2D eigenvalue weighted by Crippen LogP contribution is 2.12. The standard InChI is InChI=1S/C13H19N3O2/c1-16(9-11-4-2-3-5-15-11)13(18)10-6-12(17)8-14-7-10/h6-8,11,15,17H,2-5,9H2,1H3. The second kappa shape index (κ2) is 5.82. The third-order valence-corrected chi connectivity index (χ3v) is 3.22. The fourth-order valence-electron chi connectivity index (χ4n) is 2.26. The third kappa shape index (κ3) is 3.20. The molecule has 0 aromatic carbocycles. The van der Waals surface area contributed by atoms with Gasteiger partial charge in [-0.05, 0) is 25.5 Å². The highest BCUT2D eigenvalue weighted by atomic mass is 16.3. The number of hydrogen-bond donors (Lipinski definition) is 2. The van der Waals surface area contributed by atoms with Crippen molar-refractivity contribution >= 4 is 5.91 Å². The Hall–Kier alpha value is -1.62. The van der Waals surface area contributed by atoms with Crippen molar-refractivity contribution in [3.63, 3.8) is 0 Å². The van der Waals surface area contributed by atoms with E-state index < -0.39 is 0 Å². The number of carbonyl (C=O) groups is 1. The fraction of sp³-hybridized carbons (Fsp3) is 0.538. The summed E-state index contributed by atoms with van der Waals surface area (Å²) in [6.45, 7) is 1.72. The third-order valence-electron chi connectivity index (χ3n) is 3.22. The SMILES string of the molecule is CN(CC1CCCCN1)C(=O)c1cncc(O)c1. The number of nitrogens with one attached hydrogen (secondary N) is 1. The molecule has 1 unspecified atom stereocenters. The number of amides is 1. The smallest absolute Gasteiger partial charge is 0.255 e. The monoisotopic (exact) mass is 249 g/mol. The molecule has 0 bridgehead atoms. The first-order valence-corrected chi connectivity index (χ1v) is 6.29. The molecule has 5 nitrogen and oxygen atoms in total. The Morgan fingerprint density at radius 3 is 3.06 bits per heavy atom. The summed E-state index contributed by atoms with van der Waals surface area (Å²) in [5.41, 5.74) is 0.424. The van der Waals surface area contributed by atoms with Crippen LogP contribution in [-0.4, -0.2) is 47.1 Å². The van der Waals surface area contributed by atoms with E-state index in [1.807, 2.05) is 0 Å². The molecule has 2 N–H and O–H groups in total. The van der Waals surface area contributed by atoms with Crippen molar-refractivity contribution in [2.24, 2.45) is 0 Å². The van der Waals surface area contributed by atoms with E-state index in [4.69, 9.17) is 0 Å². The zero-order valence-corrected chi connectivity index (χ0v) is 10.6. The maximum atomic E-state index is 12.1. The Labute approximate surface area is 107 Å². The van der Waals surface area contributed by atoms with Crippen molar-refractivity contribution < 1.29 is 9.90 Å². The molecule has 1 aliphatic rings. The number of piperidine rings is 1. The van der Waals surface area contributed by atoms with Crippen LogP contribution in [0.1, 0.15) is 29.6 Å². The molecule has 1 aromatic rings. The van der Waals surface area contributed by atoms with Crippen LogP contribution in [0.15, 0.2) is 18.5 Å². The van der Waals surface area contributed by atoms with Gasteiger partial charge in [0.2, 0.25) is 0 Å².